The van der Waals surface area contributed by atoms with Crippen LogP contribution in [0.2, 0.25) is 0 Å². The first-order valence-corrected chi connectivity index (χ1v) is 21.7. The summed E-state index contributed by atoms with van der Waals surface area (Å²) in [5, 5.41) is 11.6. The number of carbonyl (C=O) groups is 4. The Morgan fingerprint density at radius 2 is 0.926 bits per heavy atom. The smallest absolute Gasteiger partial charge is 0.855 e. The molecule has 0 saturated heterocycles. The Kier molecular flexibility index (Phi) is 26.6. The number of rotatable bonds is 14. The summed E-state index contributed by atoms with van der Waals surface area (Å²) < 4.78 is 38.5. The van der Waals surface area contributed by atoms with Gasteiger partial charge in [-0.2, -0.15) is 19.2 Å². The summed E-state index contributed by atoms with van der Waals surface area (Å²) in [6.07, 6.45) is 2.04. The first-order chi connectivity index (χ1) is 32.2. The number of aromatic nitrogens is 4. The number of halogens is 1. The molecule has 0 atom stereocenters. The Morgan fingerprint density at radius 3 is 1.28 bits per heavy atom. The minimum absolute atomic E-state index is 0. The van der Waals surface area contributed by atoms with Gasteiger partial charge in [-0.25, -0.2) is 29.1 Å². The Hall–Kier alpha value is -6.18. The number of ether oxygens (including phenoxy) is 7. The summed E-state index contributed by atoms with van der Waals surface area (Å²) >= 11 is 3.57. The monoisotopic (exact) mass is 1020 g/mol. The number of nitrogens with one attached hydrogen (secondary N) is 2. The Morgan fingerprint density at radius 1 is 0.574 bits per heavy atom. The molecule has 0 spiro atoms. The molecule has 0 bridgehead atoms. The van der Waals surface area contributed by atoms with E-state index in [1.54, 1.807) is 34.6 Å². The van der Waals surface area contributed by atoms with Gasteiger partial charge in [0, 0.05) is 32.9 Å². The van der Waals surface area contributed by atoms with Crippen molar-refractivity contribution in [3.8, 4) is 17.2 Å². The van der Waals surface area contributed by atoms with Gasteiger partial charge in [0.25, 0.3) is 0 Å². The van der Waals surface area contributed by atoms with Gasteiger partial charge in [-0.05, 0) is 87.7 Å². The first kappa shape index (κ1) is 59.8. The molecule has 2 N–H and O–H groups in total. The van der Waals surface area contributed by atoms with Crippen molar-refractivity contribution >= 4 is 95.7 Å². The van der Waals surface area contributed by atoms with Crippen LogP contribution in [0.25, 0.3) is 43.6 Å². The van der Waals surface area contributed by atoms with Crippen molar-refractivity contribution in [1.29, 1.82) is 0 Å². The summed E-state index contributed by atoms with van der Waals surface area (Å²) in [6, 6.07) is 6.79. The minimum atomic E-state index is -0.634. The third-order valence-electron chi connectivity index (χ3n) is 9.02. The number of H-pyrrole nitrogens is 2. The number of hydrogen-bond donors (Lipinski definition) is 2. The van der Waals surface area contributed by atoms with Crippen molar-refractivity contribution < 1.29 is 106 Å². The second kappa shape index (κ2) is 30.3. The standard InChI is InChI=1S/C22H26N2O6.C20H21BrN2O5.C2H5O.2CO2.Na/c1-6-12-10-14-17(23-12)16-13(21(25)29-8-3)11-15(22(26)30-9-4)24-18(16)20(27-5)19(14)28-7-2;1-5-10-8-12-15(21)18(26-4)17-14(16(12)22-10)11(19(24)27-6-2)9-13(23-17)20(25)28-7-3;1-2-3;2*2-1-3;/h10-11,23H,6-9H2,1-5H3;8-9,22H,5-7H2,1-4H3;2H2,1H3;;;/q;;-1;;;+1. The SMILES string of the molecule is CCOC(=O)c1cc(C(=O)OCC)c2c(n1)c(OC)c(Br)c1cc(CC)[nH]c12.CCOC(=O)c1cc(C(=O)OCC)c2c(n1)c(OC)c(OCC)c1cc(CC)[nH]c12.CC[O-].O=C=O.O=C=O.[Na+]. The number of aromatic amines is 2. The quantitative estimate of drug-likeness (QED) is 0.0895. The molecule has 0 unspecified atom stereocenters. The molecule has 68 heavy (non-hydrogen) atoms. The normalized spacial score (nSPS) is 9.88. The number of benzene rings is 2. The van der Waals surface area contributed by atoms with E-state index in [9.17, 15) is 19.2 Å². The zero-order valence-corrected chi connectivity index (χ0v) is 43.4. The molecule has 20 nitrogen and oxygen atoms in total. The van der Waals surface area contributed by atoms with Crippen molar-refractivity contribution in [3.63, 3.8) is 0 Å². The van der Waals surface area contributed by atoms with Gasteiger partial charge in [-0.3, -0.25) is 0 Å². The molecule has 0 aliphatic rings. The molecule has 4 heterocycles. The summed E-state index contributed by atoms with van der Waals surface area (Å²) in [4.78, 5) is 98.4. The molecule has 4 aromatic heterocycles. The molecule has 0 saturated carbocycles. The molecule has 0 aliphatic carbocycles. The van der Waals surface area contributed by atoms with Crippen molar-refractivity contribution in [2.45, 2.75) is 68.2 Å². The molecule has 0 amide bonds. The molecule has 2 aromatic carbocycles. The van der Waals surface area contributed by atoms with Gasteiger partial charge in [0.05, 0.1) is 73.9 Å². The zero-order valence-electron chi connectivity index (χ0n) is 39.8. The molecule has 6 rings (SSSR count). The van der Waals surface area contributed by atoms with Crippen molar-refractivity contribution in [3.05, 3.63) is 62.6 Å². The van der Waals surface area contributed by atoms with E-state index in [2.05, 4.69) is 35.9 Å². The van der Waals surface area contributed by atoms with Crippen LogP contribution in [0.5, 0.6) is 17.2 Å². The molecule has 0 aliphatic heterocycles. The number of nitrogens with zero attached hydrogens (tertiary/aromatic N) is 2. The van der Waals surface area contributed by atoms with Gasteiger partial charge < -0.3 is 48.2 Å². The summed E-state index contributed by atoms with van der Waals surface area (Å²) in [7, 11) is 3.01. The topological polar surface area (TPSA) is 282 Å². The third-order valence-corrected chi connectivity index (χ3v) is 9.81. The minimum Gasteiger partial charge on any atom is -0.855 e. The van der Waals surface area contributed by atoms with E-state index < -0.39 is 23.9 Å². The van der Waals surface area contributed by atoms with Crippen LogP contribution in [0.4, 0.5) is 0 Å². The molecular weight excluding hydrogens is 967 g/mol. The number of aryl methyl sites for hydroxylation is 2. The van der Waals surface area contributed by atoms with Crippen LogP contribution < -0.4 is 48.9 Å². The maximum atomic E-state index is 12.8. The average Bonchev–Trinajstić information content (AvgIpc) is 3.96. The van der Waals surface area contributed by atoms with E-state index in [0.29, 0.717) is 55.7 Å². The van der Waals surface area contributed by atoms with Crippen LogP contribution in [0.3, 0.4) is 0 Å². The molecule has 0 fully saturated rings. The average molecular weight is 1020 g/mol. The number of hydrogen-bond acceptors (Lipinski definition) is 18. The second-order valence-corrected chi connectivity index (χ2v) is 13.7. The van der Waals surface area contributed by atoms with Crippen LogP contribution in [0.1, 0.15) is 108 Å². The molecule has 0 radical (unpaired) electrons. The van der Waals surface area contributed by atoms with Crippen molar-refractivity contribution in [2.24, 2.45) is 0 Å². The Bertz CT molecular complexity index is 2750. The van der Waals surface area contributed by atoms with E-state index in [-0.39, 0.29) is 97.4 Å². The van der Waals surface area contributed by atoms with E-state index in [4.69, 9.17) is 57.4 Å². The van der Waals surface area contributed by atoms with Crippen LogP contribution in [0, 0.1) is 0 Å². The number of methoxy groups -OCH3 is 2. The van der Waals surface area contributed by atoms with Gasteiger partial charge in [0.2, 0.25) is 0 Å². The van der Waals surface area contributed by atoms with Crippen LogP contribution >= 0.6 is 15.9 Å². The fourth-order valence-electron chi connectivity index (χ4n) is 6.55. The van der Waals surface area contributed by atoms with Gasteiger partial charge in [-0.1, -0.05) is 20.8 Å². The van der Waals surface area contributed by atoms with Gasteiger partial charge in [0.15, 0.2) is 17.2 Å². The van der Waals surface area contributed by atoms with Crippen molar-refractivity contribution in [1.82, 2.24) is 19.9 Å². The first-order valence-electron chi connectivity index (χ1n) is 20.9. The van der Waals surface area contributed by atoms with E-state index in [1.165, 1.54) is 26.4 Å². The number of fused-ring (bicyclic) bond motifs is 6. The van der Waals surface area contributed by atoms with Crippen LogP contribution in [-0.4, -0.2) is 110 Å². The number of esters is 4. The predicted octanol–water partition coefficient (Wildman–Crippen LogP) is 3.65. The summed E-state index contributed by atoms with van der Waals surface area (Å²) in [5.74, 6) is -1.07. The predicted molar refractivity (Wildman–Crippen MR) is 242 cm³/mol. The zero-order chi connectivity index (χ0) is 50.4. The molecule has 6 aromatic rings. The van der Waals surface area contributed by atoms with Gasteiger partial charge in [-0.15, -0.1) is 6.61 Å². The van der Waals surface area contributed by atoms with E-state index in [0.717, 1.165) is 40.5 Å². The van der Waals surface area contributed by atoms with Gasteiger partial charge >= 0.3 is 65.7 Å². The Balaban J connectivity index is 0.000000573. The fourth-order valence-corrected chi connectivity index (χ4v) is 7.21. The van der Waals surface area contributed by atoms with Crippen LogP contribution in [0.15, 0.2) is 28.7 Å². The molecule has 360 valence electrons. The third kappa shape index (κ3) is 14.2. The van der Waals surface area contributed by atoms with Crippen molar-refractivity contribution in [2.75, 3.05) is 53.9 Å². The fraction of sp³-hybridized carbons (Fsp3) is 0.391. The Labute approximate surface area is 421 Å². The second-order valence-electron chi connectivity index (χ2n) is 12.9. The molecular formula is C46H52BrN4NaO16. The largest absolute Gasteiger partial charge is 1.00 e. The van der Waals surface area contributed by atoms with E-state index >= 15 is 0 Å². The number of pyridine rings is 2. The maximum absolute atomic E-state index is 12.8. The maximum Gasteiger partial charge on any atom is 1.00 e. The van der Waals surface area contributed by atoms with Crippen LogP contribution in [-0.2, 0) is 51.0 Å². The van der Waals surface area contributed by atoms with E-state index in [1.807, 2.05) is 32.9 Å². The summed E-state index contributed by atoms with van der Waals surface area (Å²) in [5.41, 5.74) is 4.52. The number of carbonyl (C=O) groups excluding carboxylic acids is 8. The summed E-state index contributed by atoms with van der Waals surface area (Å²) in [6.45, 7) is 15.5. The molecule has 22 heteroatoms. The van der Waals surface area contributed by atoms with Gasteiger partial charge in [0.1, 0.15) is 22.4 Å².